The van der Waals surface area contributed by atoms with Crippen molar-refractivity contribution in [2.45, 2.75) is 36.1 Å². The summed E-state index contributed by atoms with van der Waals surface area (Å²) in [4.78, 5) is 5.93. The van der Waals surface area contributed by atoms with E-state index in [1.807, 2.05) is 12.3 Å². The molecule has 0 aliphatic carbocycles. The van der Waals surface area contributed by atoms with E-state index in [9.17, 15) is 0 Å². The second-order valence-corrected chi connectivity index (χ2v) is 7.97. The lowest BCUT2D eigenvalue weighted by Gasteiger charge is -2.34. The number of benzene rings is 1. The van der Waals surface area contributed by atoms with Crippen molar-refractivity contribution < 1.29 is 4.57 Å². The van der Waals surface area contributed by atoms with Crippen LogP contribution in [0.1, 0.15) is 30.5 Å². The first kappa shape index (κ1) is 15.4. The van der Waals surface area contributed by atoms with Crippen LogP contribution in [-0.4, -0.2) is 4.98 Å². The molecule has 1 aliphatic heterocycles. The number of nitrogens with zero attached hydrogens (tertiary/aromatic N) is 2. The fourth-order valence-corrected chi connectivity index (χ4v) is 4.89. The van der Waals surface area contributed by atoms with E-state index in [4.69, 9.17) is 0 Å². The Bertz CT molecular complexity index is 944. The lowest BCUT2D eigenvalue weighted by Crippen LogP contribution is -2.30. The Labute approximate surface area is 147 Å². The Hall–Kier alpha value is -2.13. The average Bonchev–Trinajstić information content (AvgIpc) is 2.56. The molecule has 1 aromatic carbocycles. The third-order valence-corrected chi connectivity index (χ3v) is 6.06. The Morgan fingerprint density at radius 1 is 1.04 bits per heavy atom. The van der Waals surface area contributed by atoms with E-state index in [0.29, 0.717) is 0 Å². The molecule has 2 nitrogen and oxygen atoms in total. The van der Waals surface area contributed by atoms with E-state index < -0.39 is 0 Å². The van der Waals surface area contributed by atoms with Crippen LogP contribution in [-0.2, 0) is 12.5 Å². The zero-order valence-electron chi connectivity index (χ0n) is 14.5. The highest BCUT2D eigenvalue weighted by Gasteiger charge is 2.34. The van der Waals surface area contributed by atoms with Crippen LogP contribution in [0.15, 0.2) is 64.8 Å². The number of rotatable bonds is 1. The van der Waals surface area contributed by atoms with E-state index in [2.05, 4.69) is 80.0 Å². The topological polar surface area (TPSA) is 16.8 Å². The maximum absolute atomic E-state index is 4.61. The standard InChI is InChI=1S/C21H21N2S/c1-14-12-17-19(13-15(14)18-9-5-6-11-23(18)4)24-20-16(21(17,2)3)8-7-10-22-20/h5-13H,1-4H3/q+1. The van der Waals surface area contributed by atoms with Crippen LogP contribution in [0.25, 0.3) is 11.3 Å². The molecule has 0 saturated carbocycles. The number of aryl methyl sites for hydroxylation is 2. The molecule has 120 valence electrons. The molecule has 24 heavy (non-hydrogen) atoms. The molecule has 0 atom stereocenters. The van der Waals surface area contributed by atoms with Crippen molar-refractivity contribution in [3.8, 4) is 11.3 Å². The number of fused-ring (bicyclic) bond motifs is 2. The van der Waals surface area contributed by atoms with Gasteiger partial charge in [-0.3, -0.25) is 0 Å². The zero-order valence-corrected chi connectivity index (χ0v) is 15.3. The van der Waals surface area contributed by atoms with Gasteiger partial charge in [-0.2, -0.15) is 0 Å². The smallest absolute Gasteiger partial charge is 0.212 e. The maximum atomic E-state index is 4.61. The van der Waals surface area contributed by atoms with Gasteiger partial charge in [-0.15, -0.1) is 0 Å². The highest BCUT2D eigenvalue weighted by molar-refractivity contribution is 7.99. The molecule has 1 aliphatic rings. The second kappa shape index (κ2) is 5.45. The predicted molar refractivity (Wildman–Crippen MR) is 98.3 cm³/mol. The molecule has 3 aromatic rings. The van der Waals surface area contributed by atoms with Gasteiger partial charge in [-0.05, 0) is 41.8 Å². The predicted octanol–water partition coefficient (Wildman–Crippen LogP) is 4.67. The third kappa shape index (κ3) is 2.27. The second-order valence-electron chi connectivity index (χ2n) is 6.94. The quantitative estimate of drug-likeness (QED) is 0.602. The Morgan fingerprint density at radius 2 is 1.88 bits per heavy atom. The molecule has 0 amide bonds. The molecule has 4 rings (SSSR count). The molecule has 0 saturated heterocycles. The minimum absolute atomic E-state index is 0.0215. The van der Waals surface area contributed by atoms with Gasteiger partial charge in [-0.25, -0.2) is 9.55 Å². The van der Waals surface area contributed by atoms with Crippen molar-refractivity contribution in [1.82, 2.24) is 4.98 Å². The molecule has 0 N–H and O–H groups in total. The van der Waals surface area contributed by atoms with Crippen LogP contribution in [0.4, 0.5) is 0 Å². The van der Waals surface area contributed by atoms with Crippen LogP contribution in [0.2, 0.25) is 0 Å². The van der Waals surface area contributed by atoms with Crippen LogP contribution >= 0.6 is 11.8 Å². The first-order chi connectivity index (χ1) is 11.5. The van der Waals surface area contributed by atoms with Gasteiger partial charge in [0.05, 0.1) is 5.56 Å². The van der Waals surface area contributed by atoms with Gasteiger partial charge in [0, 0.05) is 28.6 Å². The molecule has 0 bridgehead atoms. The lowest BCUT2D eigenvalue weighted by molar-refractivity contribution is -0.660. The Morgan fingerprint density at radius 3 is 2.67 bits per heavy atom. The van der Waals surface area contributed by atoms with Crippen molar-refractivity contribution in [3.05, 3.63) is 71.5 Å². The fourth-order valence-electron chi connectivity index (χ4n) is 3.54. The average molecular weight is 333 g/mol. The summed E-state index contributed by atoms with van der Waals surface area (Å²) in [7, 11) is 2.10. The van der Waals surface area contributed by atoms with Crippen molar-refractivity contribution in [2.24, 2.45) is 7.05 Å². The van der Waals surface area contributed by atoms with Gasteiger partial charge >= 0.3 is 0 Å². The van der Waals surface area contributed by atoms with E-state index in [0.717, 1.165) is 5.03 Å². The maximum Gasteiger partial charge on any atom is 0.212 e. The molecule has 0 unspecified atom stereocenters. The number of pyridine rings is 2. The fraction of sp³-hybridized carbons (Fsp3) is 0.238. The van der Waals surface area contributed by atoms with Crippen LogP contribution in [0.5, 0.6) is 0 Å². The SMILES string of the molecule is Cc1cc2c(cc1-c1cccc[n+]1C)Sc1ncccc1C2(C)C. The zero-order chi connectivity index (χ0) is 16.9. The van der Waals surface area contributed by atoms with E-state index in [-0.39, 0.29) is 5.41 Å². The Balaban J connectivity index is 1.93. The van der Waals surface area contributed by atoms with Crippen molar-refractivity contribution in [1.29, 1.82) is 0 Å². The Kier molecular flexibility index (Phi) is 3.50. The van der Waals surface area contributed by atoms with E-state index in [1.165, 1.54) is 32.8 Å². The first-order valence-electron chi connectivity index (χ1n) is 8.22. The summed E-state index contributed by atoms with van der Waals surface area (Å²) in [5.74, 6) is 0. The summed E-state index contributed by atoms with van der Waals surface area (Å²) in [6.45, 7) is 6.81. The first-order valence-corrected chi connectivity index (χ1v) is 9.03. The highest BCUT2D eigenvalue weighted by Crippen LogP contribution is 2.49. The normalized spacial score (nSPS) is 14.8. The minimum atomic E-state index is -0.0215. The molecule has 3 heteroatoms. The molecular formula is C21H21N2S+. The summed E-state index contributed by atoms with van der Waals surface area (Å²) in [6.07, 6.45) is 3.99. The van der Waals surface area contributed by atoms with Crippen molar-refractivity contribution in [2.75, 3.05) is 0 Å². The van der Waals surface area contributed by atoms with Crippen LogP contribution < -0.4 is 4.57 Å². The minimum Gasteiger partial charge on any atom is -0.249 e. The third-order valence-electron chi connectivity index (χ3n) is 4.98. The number of aromatic nitrogens is 2. The van der Waals surface area contributed by atoms with Gasteiger partial charge < -0.3 is 0 Å². The summed E-state index contributed by atoms with van der Waals surface area (Å²) in [6, 6.07) is 15.3. The molecular weight excluding hydrogens is 312 g/mol. The summed E-state index contributed by atoms with van der Waals surface area (Å²) >= 11 is 1.79. The molecule has 3 heterocycles. The lowest BCUT2D eigenvalue weighted by atomic mass is 9.77. The van der Waals surface area contributed by atoms with Gasteiger partial charge in [0.1, 0.15) is 12.1 Å². The summed E-state index contributed by atoms with van der Waals surface area (Å²) in [5.41, 5.74) is 6.54. The highest BCUT2D eigenvalue weighted by atomic mass is 32.2. The van der Waals surface area contributed by atoms with Crippen LogP contribution in [0, 0.1) is 6.92 Å². The summed E-state index contributed by atoms with van der Waals surface area (Å²) < 4.78 is 2.18. The van der Waals surface area contributed by atoms with E-state index >= 15 is 0 Å². The van der Waals surface area contributed by atoms with E-state index in [1.54, 1.807) is 11.8 Å². The summed E-state index contributed by atoms with van der Waals surface area (Å²) in [5, 5.41) is 1.13. The molecule has 0 radical (unpaired) electrons. The number of hydrogen-bond donors (Lipinski definition) is 0. The van der Waals surface area contributed by atoms with Gasteiger partial charge in [0.15, 0.2) is 6.20 Å². The monoisotopic (exact) mass is 333 g/mol. The van der Waals surface area contributed by atoms with Gasteiger partial charge in [0.25, 0.3) is 0 Å². The van der Waals surface area contributed by atoms with Crippen molar-refractivity contribution in [3.63, 3.8) is 0 Å². The number of hydrogen-bond acceptors (Lipinski definition) is 2. The largest absolute Gasteiger partial charge is 0.249 e. The molecule has 0 spiro atoms. The van der Waals surface area contributed by atoms with Crippen LogP contribution in [0.3, 0.4) is 0 Å². The van der Waals surface area contributed by atoms with Gasteiger partial charge in [-0.1, -0.05) is 37.7 Å². The molecule has 0 fully saturated rings. The molecule has 2 aromatic heterocycles. The van der Waals surface area contributed by atoms with Gasteiger partial charge in [0.2, 0.25) is 5.69 Å². The van der Waals surface area contributed by atoms with Crippen molar-refractivity contribution >= 4 is 11.8 Å².